The van der Waals surface area contributed by atoms with Gasteiger partial charge in [-0.25, -0.2) is 0 Å². The summed E-state index contributed by atoms with van der Waals surface area (Å²) in [6, 6.07) is 0. The highest BCUT2D eigenvalue weighted by atomic mass is 15.1. The number of piperidine rings is 1. The summed E-state index contributed by atoms with van der Waals surface area (Å²) in [4.78, 5) is 2.49. The average molecular weight is 237 g/mol. The Bertz CT molecular complexity index is 180. The van der Waals surface area contributed by atoms with E-state index in [-0.39, 0.29) is 0 Å². The second-order valence-corrected chi connectivity index (χ2v) is 5.39. The third kappa shape index (κ3) is 8.29. The van der Waals surface area contributed by atoms with E-state index in [2.05, 4.69) is 24.1 Å². The molecule has 1 aliphatic rings. The van der Waals surface area contributed by atoms with Crippen LogP contribution in [0.1, 0.15) is 77.6 Å². The number of likely N-dealkylation sites (tertiary alicyclic amines) is 1. The van der Waals surface area contributed by atoms with Crippen LogP contribution >= 0.6 is 0 Å². The first-order valence-electron chi connectivity index (χ1n) is 7.84. The monoisotopic (exact) mass is 237 g/mol. The molecule has 0 bridgehead atoms. The van der Waals surface area contributed by atoms with Crippen LogP contribution in [0.3, 0.4) is 0 Å². The predicted molar refractivity (Wildman–Crippen MR) is 77.2 cm³/mol. The van der Waals surface area contributed by atoms with Crippen molar-refractivity contribution in [2.45, 2.75) is 77.6 Å². The molecule has 1 heterocycles. The number of hydrogen-bond acceptors (Lipinski definition) is 1. The Morgan fingerprint density at radius 3 is 2.18 bits per heavy atom. The van der Waals surface area contributed by atoms with Crippen molar-refractivity contribution in [1.29, 1.82) is 0 Å². The molecule has 100 valence electrons. The standard InChI is InChI=1S/C16H31N/c1-2-3-4-5-6-7-8-9-11-14-17-15-12-10-13-16-17/h11,14H,2-10,12-13,15-16H2,1H3. The molecule has 0 amide bonds. The van der Waals surface area contributed by atoms with Gasteiger partial charge in [0.15, 0.2) is 0 Å². The van der Waals surface area contributed by atoms with E-state index in [9.17, 15) is 0 Å². The zero-order chi connectivity index (χ0) is 12.2. The summed E-state index contributed by atoms with van der Waals surface area (Å²) < 4.78 is 0. The van der Waals surface area contributed by atoms with Gasteiger partial charge in [-0.05, 0) is 38.3 Å². The molecule has 1 fully saturated rings. The Morgan fingerprint density at radius 2 is 1.47 bits per heavy atom. The molecule has 17 heavy (non-hydrogen) atoms. The van der Waals surface area contributed by atoms with Gasteiger partial charge in [-0.3, -0.25) is 0 Å². The minimum atomic E-state index is 1.28. The van der Waals surface area contributed by atoms with E-state index in [0.29, 0.717) is 0 Å². The molecule has 0 aromatic rings. The van der Waals surface area contributed by atoms with Crippen LogP contribution in [0.2, 0.25) is 0 Å². The van der Waals surface area contributed by atoms with Gasteiger partial charge in [-0.2, -0.15) is 0 Å². The van der Waals surface area contributed by atoms with Crippen LogP contribution < -0.4 is 0 Å². The Labute approximate surface area is 108 Å². The molecule has 0 radical (unpaired) electrons. The number of rotatable bonds is 9. The van der Waals surface area contributed by atoms with Crippen molar-refractivity contribution in [3.63, 3.8) is 0 Å². The fourth-order valence-electron chi connectivity index (χ4n) is 2.51. The lowest BCUT2D eigenvalue weighted by molar-refractivity contribution is 0.308. The summed E-state index contributed by atoms with van der Waals surface area (Å²) in [7, 11) is 0. The van der Waals surface area contributed by atoms with Gasteiger partial charge >= 0.3 is 0 Å². The highest BCUT2D eigenvalue weighted by Crippen LogP contribution is 2.11. The van der Waals surface area contributed by atoms with Crippen LogP contribution in [0.15, 0.2) is 12.3 Å². The first kappa shape index (κ1) is 14.6. The first-order valence-corrected chi connectivity index (χ1v) is 7.84. The Morgan fingerprint density at radius 1 is 0.824 bits per heavy atom. The average Bonchev–Trinajstić information content (AvgIpc) is 2.38. The van der Waals surface area contributed by atoms with Crippen molar-refractivity contribution in [1.82, 2.24) is 4.90 Å². The highest BCUT2D eigenvalue weighted by Gasteiger charge is 2.04. The minimum Gasteiger partial charge on any atom is -0.378 e. The molecule has 1 nitrogen and oxygen atoms in total. The lowest BCUT2D eigenvalue weighted by Gasteiger charge is -2.24. The van der Waals surface area contributed by atoms with Gasteiger partial charge in [0, 0.05) is 13.1 Å². The normalized spacial score (nSPS) is 16.9. The molecule has 0 aliphatic carbocycles. The van der Waals surface area contributed by atoms with Crippen molar-refractivity contribution in [3.05, 3.63) is 12.3 Å². The van der Waals surface area contributed by atoms with Crippen LogP contribution in [-0.4, -0.2) is 18.0 Å². The molecule has 0 saturated carbocycles. The van der Waals surface area contributed by atoms with Gasteiger partial charge in [0.05, 0.1) is 0 Å². The van der Waals surface area contributed by atoms with Crippen LogP contribution in [-0.2, 0) is 0 Å². The molecular weight excluding hydrogens is 206 g/mol. The second-order valence-electron chi connectivity index (χ2n) is 5.39. The summed E-state index contributed by atoms with van der Waals surface area (Å²) in [6.45, 7) is 4.85. The zero-order valence-corrected chi connectivity index (χ0v) is 11.8. The van der Waals surface area contributed by atoms with E-state index in [1.54, 1.807) is 0 Å². The summed E-state index contributed by atoms with van der Waals surface area (Å²) in [5, 5.41) is 0. The Hall–Kier alpha value is -0.460. The molecule has 0 aromatic heterocycles. The van der Waals surface area contributed by atoms with Gasteiger partial charge in [0.25, 0.3) is 0 Å². The minimum absolute atomic E-state index is 1.28. The molecule has 0 spiro atoms. The fraction of sp³-hybridized carbons (Fsp3) is 0.875. The maximum absolute atomic E-state index is 2.49. The molecule has 1 saturated heterocycles. The van der Waals surface area contributed by atoms with E-state index in [1.165, 1.54) is 83.7 Å². The summed E-state index contributed by atoms with van der Waals surface area (Å²) in [6.07, 6.45) is 20.2. The summed E-state index contributed by atoms with van der Waals surface area (Å²) >= 11 is 0. The number of nitrogens with zero attached hydrogens (tertiary/aromatic N) is 1. The third-order valence-corrected chi connectivity index (χ3v) is 3.68. The number of allylic oxidation sites excluding steroid dienone is 1. The Balaban J connectivity index is 1.84. The van der Waals surface area contributed by atoms with E-state index < -0.39 is 0 Å². The number of hydrogen-bond donors (Lipinski definition) is 0. The molecule has 0 unspecified atom stereocenters. The lowest BCUT2D eigenvalue weighted by Crippen LogP contribution is -2.24. The molecule has 1 rings (SSSR count). The van der Waals surface area contributed by atoms with Crippen molar-refractivity contribution in [2.75, 3.05) is 13.1 Å². The van der Waals surface area contributed by atoms with E-state index in [4.69, 9.17) is 0 Å². The van der Waals surface area contributed by atoms with Crippen LogP contribution in [0.5, 0.6) is 0 Å². The topological polar surface area (TPSA) is 3.24 Å². The van der Waals surface area contributed by atoms with Crippen molar-refractivity contribution >= 4 is 0 Å². The molecule has 1 aliphatic heterocycles. The smallest absolute Gasteiger partial charge is 0.0172 e. The SMILES string of the molecule is CCCCCCCCCC=CN1CCCCC1. The molecule has 0 aromatic carbocycles. The van der Waals surface area contributed by atoms with Crippen molar-refractivity contribution in [3.8, 4) is 0 Å². The summed E-state index contributed by atoms with van der Waals surface area (Å²) in [5.74, 6) is 0. The van der Waals surface area contributed by atoms with Crippen LogP contribution in [0.25, 0.3) is 0 Å². The van der Waals surface area contributed by atoms with Gasteiger partial charge in [0.2, 0.25) is 0 Å². The van der Waals surface area contributed by atoms with E-state index >= 15 is 0 Å². The van der Waals surface area contributed by atoms with Gasteiger partial charge in [-0.1, -0.05) is 51.5 Å². The largest absolute Gasteiger partial charge is 0.378 e. The fourth-order valence-corrected chi connectivity index (χ4v) is 2.51. The van der Waals surface area contributed by atoms with Crippen molar-refractivity contribution < 1.29 is 0 Å². The highest BCUT2D eigenvalue weighted by molar-refractivity contribution is 4.83. The van der Waals surface area contributed by atoms with Crippen LogP contribution in [0, 0.1) is 0 Å². The molecular formula is C16H31N. The van der Waals surface area contributed by atoms with Crippen molar-refractivity contribution in [2.24, 2.45) is 0 Å². The van der Waals surface area contributed by atoms with Crippen LogP contribution in [0.4, 0.5) is 0 Å². The number of unbranched alkanes of at least 4 members (excludes halogenated alkanes) is 7. The van der Waals surface area contributed by atoms with Gasteiger partial charge < -0.3 is 4.90 Å². The summed E-state index contributed by atoms with van der Waals surface area (Å²) in [5.41, 5.74) is 0. The maximum atomic E-state index is 2.49. The third-order valence-electron chi connectivity index (χ3n) is 3.68. The first-order chi connectivity index (χ1) is 8.43. The molecule has 0 atom stereocenters. The van der Waals surface area contributed by atoms with Gasteiger partial charge in [0.1, 0.15) is 0 Å². The van der Waals surface area contributed by atoms with E-state index in [1.807, 2.05) is 0 Å². The second kappa shape index (κ2) is 10.7. The van der Waals surface area contributed by atoms with Gasteiger partial charge in [-0.15, -0.1) is 0 Å². The maximum Gasteiger partial charge on any atom is 0.0172 e. The zero-order valence-electron chi connectivity index (χ0n) is 11.8. The predicted octanol–water partition coefficient (Wildman–Crippen LogP) is 5.13. The molecule has 1 heteroatoms. The van der Waals surface area contributed by atoms with E-state index in [0.717, 1.165) is 0 Å². The lowest BCUT2D eigenvalue weighted by atomic mass is 10.1. The Kier molecular flexibility index (Phi) is 9.17. The quantitative estimate of drug-likeness (QED) is 0.503. The molecule has 0 N–H and O–H groups in total.